The summed E-state index contributed by atoms with van der Waals surface area (Å²) in [7, 11) is 0. The van der Waals surface area contributed by atoms with Crippen LogP contribution in [0, 0.1) is 18.6 Å². The van der Waals surface area contributed by atoms with Crippen molar-refractivity contribution in [3.63, 3.8) is 0 Å². The number of aryl methyl sites for hydroxylation is 1. The zero-order valence-corrected chi connectivity index (χ0v) is 15.0. The lowest BCUT2D eigenvalue weighted by molar-refractivity contribution is -0.146. The number of benzene rings is 2. The third kappa shape index (κ3) is 3.40. The summed E-state index contributed by atoms with van der Waals surface area (Å²) in [6, 6.07) is 6.03. The second-order valence-electron chi connectivity index (χ2n) is 6.37. The van der Waals surface area contributed by atoms with E-state index in [0.717, 1.165) is 22.6 Å². The van der Waals surface area contributed by atoms with Gasteiger partial charge in [-0.1, -0.05) is 11.6 Å². The topological polar surface area (TPSA) is 80.8 Å². The molecule has 1 unspecified atom stereocenters. The van der Waals surface area contributed by atoms with Gasteiger partial charge in [-0.05, 0) is 44.2 Å². The molecule has 0 bridgehead atoms. The Labute approximate surface area is 158 Å². The first-order valence-corrected chi connectivity index (χ1v) is 8.34. The van der Waals surface area contributed by atoms with Crippen LogP contribution in [0.15, 0.2) is 36.4 Å². The smallest absolute Gasteiger partial charge is 0.329 e. The van der Waals surface area contributed by atoms with Crippen LogP contribution in [-0.4, -0.2) is 41.1 Å². The number of carbonyl (C=O) groups excluding carboxylic acids is 4. The van der Waals surface area contributed by atoms with Crippen molar-refractivity contribution in [2.75, 3.05) is 6.61 Å². The Balaban J connectivity index is 1.68. The van der Waals surface area contributed by atoms with E-state index in [2.05, 4.69) is 0 Å². The summed E-state index contributed by atoms with van der Waals surface area (Å²) in [4.78, 5) is 49.9. The lowest BCUT2D eigenvalue weighted by Gasteiger charge is -2.20. The second kappa shape index (κ2) is 7.30. The van der Waals surface area contributed by atoms with Crippen LogP contribution in [0.3, 0.4) is 0 Å². The highest BCUT2D eigenvalue weighted by Crippen LogP contribution is 2.26. The van der Waals surface area contributed by atoms with E-state index in [-0.39, 0.29) is 16.7 Å². The number of amides is 2. The maximum Gasteiger partial charge on any atom is 0.329 e. The normalized spacial score (nSPS) is 14.1. The summed E-state index contributed by atoms with van der Waals surface area (Å²) < 4.78 is 31.0. The fraction of sp³-hybridized carbons (Fsp3) is 0.200. The van der Waals surface area contributed by atoms with Gasteiger partial charge in [0.1, 0.15) is 6.04 Å². The number of fused-ring (bicyclic) bond motifs is 1. The molecule has 28 heavy (non-hydrogen) atoms. The highest BCUT2D eigenvalue weighted by molar-refractivity contribution is 6.22. The van der Waals surface area contributed by atoms with Crippen LogP contribution < -0.4 is 0 Å². The zero-order valence-electron chi connectivity index (χ0n) is 15.0. The summed E-state index contributed by atoms with van der Waals surface area (Å²) in [5.74, 6) is -5.29. The maximum atomic E-state index is 13.2. The van der Waals surface area contributed by atoms with Crippen molar-refractivity contribution in [1.29, 1.82) is 0 Å². The molecular formula is C20H15F2NO5. The molecule has 1 aliphatic heterocycles. The summed E-state index contributed by atoms with van der Waals surface area (Å²) >= 11 is 0. The molecular weight excluding hydrogens is 372 g/mol. The zero-order chi connectivity index (χ0) is 20.6. The number of halogens is 2. The third-order valence-electron chi connectivity index (χ3n) is 4.39. The van der Waals surface area contributed by atoms with Crippen LogP contribution in [0.25, 0.3) is 0 Å². The van der Waals surface area contributed by atoms with Crippen LogP contribution in [0.2, 0.25) is 0 Å². The molecule has 1 aliphatic rings. The molecule has 144 valence electrons. The fourth-order valence-electron chi connectivity index (χ4n) is 2.84. The molecule has 3 rings (SSSR count). The number of rotatable bonds is 5. The van der Waals surface area contributed by atoms with Gasteiger partial charge in [-0.25, -0.2) is 13.6 Å². The van der Waals surface area contributed by atoms with Gasteiger partial charge < -0.3 is 4.74 Å². The van der Waals surface area contributed by atoms with Crippen molar-refractivity contribution in [1.82, 2.24) is 4.90 Å². The summed E-state index contributed by atoms with van der Waals surface area (Å²) in [5.41, 5.74) is 1.00. The molecule has 0 N–H and O–H groups in total. The van der Waals surface area contributed by atoms with E-state index in [1.807, 2.05) is 0 Å². The van der Waals surface area contributed by atoms with Gasteiger partial charge in [0.15, 0.2) is 24.0 Å². The van der Waals surface area contributed by atoms with E-state index in [9.17, 15) is 28.0 Å². The molecule has 2 amide bonds. The van der Waals surface area contributed by atoms with E-state index in [0.29, 0.717) is 6.07 Å². The number of hydrogen-bond donors (Lipinski definition) is 0. The molecule has 0 aliphatic carbocycles. The predicted molar refractivity (Wildman–Crippen MR) is 92.8 cm³/mol. The molecule has 1 heterocycles. The largest absolute Gasteiger partial charge is 0.456 e. The minimum atomic E-state index is -1.26. The van der Waals surface area contributed by atoms with E-state index in [1.54, 1.807) is 19.1 Å². The molecule has 0 saturated heterocycles. The number of hydrogen-bond acceptors (Lipinski definition) is 5. The number of esters is 1. The van der Waals surface area contributed by atoms with Crippen LogP contribution in [-0.2, 0) is 9.53 Å². The number of ketones is 1. The minimum absolute atomic E-state index is 0.171. The van der Waals surface area contributed by atoms with Gasteiger partial charge in [-0.15, -0.1) is 0 Å². The number of ether oxygens (including phenoxy) is 1. The van der Waals surface area contributed by atoms with Crippen molar-refractivity contribution in [3.8, 4) is 0 Å². The first-order chi connectivity index (χ1) is 13.2. The fourth-order valence-corrected chi connectivity index (χ4v) is 2.84. The standard InChI is InChI=1S/C20H15F2NO5/c1-10-3-5-13-14(7-10)19(26)23(18(13)25)11(2)20(27)28-9-17(24)12-4-6-15(21)16(22)8-12/h3-8,11H,9H2,1-2H3. The molecule has 0 radical (unpaired) electrons. The quantitative estimate of drug-likeness (QED) is 0.448. The monoisotopic (exact) mass is 387 g/mol. The molecule has 0 saturated carbocycles. The summed E-state index contributed by atoms with van der Waals surface area (Å²) in [5, 5.41) is 0. The number of imide groups is 1. The number of carbonyl (C=O) groups is 4. The SMILES string of the molecule is Cc1ccc2c(c1)C(=O)N(C(C)C(=O)OCC(=O)c1ccc(F)c(F)c1)C2=O. The molecule has 0 fully saturated rings. The van der Waals surface area contributed by atoms with Crippen molar-refractivity contribution < 1.29 is 32.7 Å². The summed E-state index contributed by atoms with van der Waals surface area (Å²) in [6.45, 7) is 2.33. The van der Waals surface area contributed by atoms with Gasteiger partial charge >= 0.3 is 5.97 Å². The second-order valence-corrected chi connectivity index (χ2v) is 6.37. The molecule has 1 atom stereocenters. The Morgan fingerprint density at radius 3 is 2.36 bits per heavy atom. The van der Waals surface area contributed by atoms with Crippen molar-refractivity contribution in [2.24, 2.45) is 0 Å². The van der Waals surface area contributed by atoms with Crippen molar-refractivity contribution in [2.45, 2.75) is 19.9 Å². The van der Waals surface area contributed by atoms with Gasteiger partial charge in [0.2, 0.25) is 0 Å². The van der Waals surface area contributed by atoms with Gasteiger partial charge in [0.25, 0.3) is 11.8 Å². The highest BCUT2D eigenvalue weighted by Gasteiger charge is 2.41. The Morgan fingerprint density at radius 1 is 1.00 bits per heavy atom. The molecule has 0 spiro atoms. The Bertz CT molecular complexity index is 1020. The van der Waals surface area contributed by atoms with E-state index >= 15 is 0 Å². The highest BCUT2D eigenvalue weighted by atomic mass is 19.2. The van der Waals surface area contributed by atoms with Gasteiger partial charge in [-0.3, -0.25) is 19.3 Å². The van der Waals surface area contributed by atoms with Gasteiger partial charge in [0, 0.05) is 5.56 Å². The summed E-state index contributed by atoms with van der Waals surface area (Å²) in [6.07, 6.45) is 0. The van der Waals surface area contributed by atoms with E-state index in [1.165, 1.54) is 13.0 Å². The molecule has 8 heteroatoms. The maximum absolute atomic E-state index is 13.2. The lowest BCUT2D eigenvalue weighted by atomic mass is 10.1. The molecule has 2 aromatic carbocycles. The predicted octanol–water partition coefficient (Wildman–Crippen LogP) is 2.68. The average molecular weight is 387 g/mol. The molecule has 6 nitrogen and oxygen atoms in total. The Kier molecular flexibility index (Phi) is 5.04. The lowest BCUT2D eigenvalue weighted by Crippen LogP contribution is -2.44. The van der Waals surface area contributed by atoms with Crippen molar-refractivity contribution >= 4 is 23.6 Å². The number of Topliss-reactive ketones (excluding diaryl/α,β-unsaturated/α-hetero) is 1. The first-order valence-electron chi connectivity index (χ1n) is 8.34. The van der Waals surface area contributed by atoms with Gasteiger partial charge in [-0.2, -0.15) is 0 Å². The molecule has 0 aromatic heterocycles. The average Bonchev–Trinajstić information content (AvgIpc) is 2.91. The van der Waals surface area contributed by atoms with Crippen LogP contribution >= 0.6 is 0 Å². The Morgan fingerprint density at radius 2 is 1.68 bits per heavy atom. The minimum Gasteiger partial charge on any atom is -0.456 e. The first kappa shape index (κ1) is 19.3. The third-order valence-corrected chi connectivity index (χ3v) is 4.39. The Hall–Kier alpha value is -3.42. The van der Waals surface area contributed by atoms with E-state index in [4.69, 9.17) is 4.74 Å². The number of nitrogens with zero attached hydrogens (tertiary/aromatic N) is 1. The van der Waals surface area contributed by atoms with E-state index < -0.39 is 47.9 Å². The van der Waals surface area contributed by atoms with Crippen LogP contribution in [0.4, 0.5) is 8.78 Å². The van der Waals surface area contributed by atoms with Crippen LogP contribution in [0.1, 0.15) is 43.6 Å². The molecule has 2 aromatic rings. The van der Waals surface area contributed by atoms with Gasteiger partial charge in [0.05, 0.1) is 11.1 Å². The van der Waals surface area contributed by atoms with Crippen LogP contribution in [0.5, 0.6) is 0 Å². The van der Waals surface area contributed by atoms with Crippen molar-refractivity contribution in [3.05, 3.63) is 70.3 Å².